The number of piperidine rings is 1. The highest BCUT2D eigenvalue weighted by atomic mass is 16.2. The average Bonchev–Trinajstić information content (AvgIpc) is 3.06. The first-order chi connectivity index (χ1) is 12.7. The van der Waals surface area contributed by atoms with E-state index in [-0.39, 0.29) is 5.91 Å². The summed E-state index contributed by atoms with van der Waals surface area (Å²) in [6, 6.07) is 18.9. The molecule has 1 aliphatic rings. The number of hydrogen-bond donors (Lipinski definition) is 1. The number of carbonyl (C=O) groups excluding carboxylic acids is 1. The Morgan fingerprint density at radius 1 is 1.04 bits per heavy atom. The van der Waals surface area contributed by atoms with E-state index in [1.807, 2.05) is 23.1 Å². The van der Waals surface area contributed by atoms with E-state index in [9.17, 15) is 4.79 Å². The lowest BCUT2D eigenvalue weighted by Crippen LogP contribution is -2.36. The third-order valence-electron chi connectivity index (χ3n) is 5.43. The molecule has 4 rings (SSSR count). The number of nitrogens with one attached hydrogen (secondary N) is 1. The van der Waals surface area contributed by atoms with Crippen LogP contribution in [0.15, 0.2) is 60.8 Å². The molecule has 0 bridgehead atoms. The Hall–Kier alpha value is -2.75. The van der Waals surface area contributed by atoms with Gasteiger partial charge >= 0.3 is 0 Å². The normalized spacial score (nSPS) is 15.3. The Labute approximate surface area is 154 Å². The van der Waals surface area contributed by atoms with Crippen LogP contribution in [0.2, 0.25) is 0 Å². The molecule has 0 spiro atoms. The molecular formula is C22H25N3O. The number of rotatable bonds is 4. The standard InChI is InChI=1S/C22H25N3O/c1-17(26)24-13-11-18(12-14-24)21-15-25(22-10-6-5-9-20(21)22)16-23-19-7-3-2-4-8-19/h2-10,15,18,23H,11-14,16H2,1H3. The van der Waals surface area contributed by atoms with Crippen molar-refractivity contribution < 1.29 is 4.79 Å². The first kappa shape index (κ1) is 16.7. The molecule has 0 aliphatic carbocycles. The van der Waals surface area contributed by atoms with E-state index in [0.29, 0.717) is 5.92 Å². The van der Waals surface area contributed by atoms with Gasteiger partial charge in [0.25, 0.3) is 0 Å². The molecule has 0 saturated carbocycles. The van der Waals surface area contributed by atoms with Crippen molar-refractivity contribution in [1.82, 2.24) is 9.47 Å². The predicted octanol–water partition coefficient (Wildman–Crippen LogP) is 4.44. The second-order valence-electron chi connectivity index (χ2n) is 7.05. The number of nitrogens with zero attached hydrogens (tertiary/aromatic N) is 2. The molecule has 2 heterocycles. The maximum absolute atomic E-state index is 11.6. The zero-order valence-electron chi connectivity index (χ0n) is 15.2. The maximum Gasteiger partial charge on any atom is 0.219 e. The second kappa shape index (κ2) is 7.24. The predicted molar refractivity (Wildman–Crippen MR) is 106 cm³/mol. The number of likely N-dealkylation sites (tertiary alicyclic amines) is 1. The summed E-state index contributed by atoms with van der Waals surface area (Å²) in [6.45, 7) is 4.14. The van der Waals surface area contributed by atoms with Crippen molar-refractivity contribution in [2.75, 3.05) is 18.4 Å². The Morgan fingerprint density at radius 3 is 2.46 bits per heavy atom. The van der Waals surface area contributed by atoms with Crippen molar-refractivity contribution in [3.8, 4) is 0 Å². The monoisotopic (exact) mass is 347 g/mol. The molecule has 0 unspecified atom stereocenters. The fraction of sp³-hybridized carbons (Fsp3) is 0.318. The summed E-state index contributed by atoms with van der Waals surface area (Å²) in [5.74, 6) is 0.714. The van der Waals surface area contributed by atoms with Gasteiger partial charge < -0.3 is 14.8 Å². The number of hydrogen-bond acceptors (Lipinski definition) is 2. The van der Waals surface area contributed by atoms with Crippen molar-refractivity contribution in [3.63, 3.8) is 0 Å². The van der Waals surface area contributed by atoms with Crippen molar-refractivity contribution in [2.24, 2.45) is 0 Å². The average molecular weight is 347 g/mol. The number of para-hydroxylation sites is 2. The number of aromatic nitrogens is 1. The minimum Gasteiger partial charge on any atom is -0.367 e. The Balaban J connectivity index is 1.57. The molecule has 1 N–H and O–H groups in total. The third-order valence-corrected chi connectivity index (χ3v) is 5.43. The molecule has 4 heteroatoms. The highest BCUT2D eigenvalue weighted by molar-refractivity contribution is 5.84. The molecule has 1 amide bonds. The van der Waals surface area contributed by atoms with Crippen LogP contribution in [0.3, 0.4) is 0 Å². The van der Waals surface area contributed by atoms with Gasteiger partial charge in [-0.3, -0.25) is 4.79 Å². The number of benzene rings is 2. The maximum atomic E-state index is 11.6. The summed E-state index contributed by atoms with van der Waals surface area (Å²) in [4.78, 5) is 13.6. The van der Waals surface area contributed by atoms with Crippen molar-refractivity contribution >= 4 is 22.5 Å². The van der Waals surface area contributed by atoms with Crippen LogP contribution < -0.4 is 5.32 Å². The molecule has 0 atom stereocenters. The lowest BCUT2D eigenvalue weighted by Gasteiger charge is -2.31. The van der Waals surface area contributed by atoms with E-state index in [2.05, 4.69) is 52.5 Å². The highest BCUT2D eigenvalue weighted by Gasteiger charge is 2.24. The highest BCUT2D eigenvalue weighted by Crippen LogP contribution is 2.34. The number of carbonyl (C=O) groups is 1. The van der Waals surface area contributed by atoms with Crippen LogP contribution in [0, 0.1) is 0 Å². The smallest absolute Gasteiger partial charge is 0.219 e. The van der Waals surface area contributed by atoms with Crippen LogP contribution in [-0.4, -0.2) is 28.5 Å². The third kappa shape index (κ3) is 3.32. The van der Waals surface area contributed by atoms with Crippen LogP contribution in [0.25, 0.3) is 10.9 Å². The molecule has 1 aromatic heterocycles. The van der Waals surface area contributed by atoms with Gasteiger partial charge in [0, 0.05) is 42.8 Å². The Bertz CT molecular complexity index is 892. The topological polar surface area (TPSA) is 37.3 Å². The molecule has 134 valence electrons. The zero-order chi connectivity index (χ0) is 17.9. The molecule has 26 heavy (non-hydrogen) atoms. The van der Waals surface area contributed by atoms with Crippen molar-refractivity contribution in [2.45, 2.75) is 32.4 Å². The number of amides is 1. The zero-order valence-corrected chi connectivity index (χ0v) is 15.2. The van der Waals surface area contributed by atoms with Gasteiger partial charge in [0.2, 0.25) is 5.91 Å². The number of fused-ring (bicyclic) bond motifs is 1. The Kier molecular flexibility index (Phi) is 4.65. The van der Waals surface area contributed by atoms with Crippen molar-refractivity contribution in [1.29, 1.82) is 0 Å². The van der Waals surface area contributed by atoms with Crippen LogP contribution in [0.5, 0.6) is 0 Å². The fourth-order valence-corrected chi connectivity index (χ4v) is 3.97. The SMILES string of the molecule is CC(=O)N1CCC(c2cn(CNc3ccccc3)c3ccccc23)CC1. The summed E-state index contributed by atoms with van der Waals surface area (Å²) in [5.41, 5.74) is 3.81. The summed E-state index contributed by atoms with van der Waals surface area (Å²) in [7, 11) is 0. The summed E-state index contributed by atoms with van der Waals surface area (Å²) >= 11 is 0. The molecular weight excluding hydrogens is 322 g/mol. The first-order valence-electron chi connectivity index (χ1n) is 9.34. The summed E-state index contributed by atoms with van der Waals surface area (Å²) in [6.07, 6.45) is 4.38. The fourth-order valence-electron chi connectivity index (χ4n) is 3.97. The van der Waals surface area contributed by atoms with Gasteiger partial charge in [-0.05, 0) is 42.5 Å². The van der Waals surface area contributed by atoms with Gasteiger partial charge in [0.15, 0.2) is 0 Å². The van der Waals surface area contributed by atoms with E-state index < -0.39 is 0 Å². The molecule has 4 nitrogen and oxygen atoms in total. The van der Waals surface area contributed by atoms with E-state index in [1.165, 1.54) is 16.5 Å². The van der Waals surface area contributed by atoms with E-state index in [1.54, 1.807) is 6.92 Å². The summed E-state index contributed by atoms with van der Waals surface area (Å²) in [5, 5.41) is 4.84. The van der Waals surface area contributed by atoms with Gasteiger partial charge in [-0.15, -0.1) is 0 Å². The van der Waals surface area contributed by atoms with Crippen LogP contribution in [-0.2, 0) is 11.5 Å². The van der Waals surface area contributed by atoms with Crippen molar-refractivity contribution in [3.05, 3.63) is 66.4 Å². The molecule has 3 aromatic rings. The first-order valence-corrected chi connectivity index (χ1v) is 9.34. The van der Waals surface area contributed by atoms with E-state index in [4.69, 9.17) is 0 Å². The Morgan fingerprint density at radius 2 is 1.73 bits per heavy atom. The second-order valence-corrected chi connectivity index (χ2v) is 7.05. The van der Waals surface area contributed by atoms with Gasteiger partial charge in [0.1, 0.15) is 0 Å². The van der Waals surface area contributed by atoms with Crippen LogP contribution in [0.4, 0.5) is 5.69 Å². The molecule has 0 radical (unpaired) electrons. The lowest BCUT2D eigenvalue weighted by atomic mass is 9.89. The summed E-state index contributed by atoms with van der Waals surface area (Å²) < 4.78 is 2.30. The molecule has 1 aliphatic heterocycles. The molecule has 1 saturated heterocycles. The quantitative estimate of drug-likeness (QED) is 0.758. The van der Waals surface area contributed by atoms with Crippen LogP contribution >= 0.6 is 0 Å². The number of anilines is 1. The minimum atomic E-state index is 0.193. The van der Waals surface area contributed by atoms with Gasteiger partial charge in [-0.2, -0.15) is 0 Å². The minimum absolute atomic E-state index is 0.193. The largest absolute Gasteiger partial charge is 0.367 e. The molecule has 1 fully saturated rings. The van der Waals surface area contributed by atoms with Gasteiger partial charge in [0.05, 0.1) is 6.67 Å². The molecule has 2 aromatic carbocycles. The van der Waals surface area contributed by atoms with Gasteiger partial charge in [-0.1, -0.05) is 36.4 Å². The van der Waals surface area contributed by atoms with E-state index in [0.717, 1.165) is 38.3 Å². The van der Waals surface area contributed by atoms with Crippen LogP contribution in [0.1, 0.15) is 31.2 Å². The van der Waals surface area contributed by atoms with E-state index >= 15 is 0 Å². The lowest BCUT2D eigenvalue weighted by molar-refractivity contribution is -0.129. The van der Waals surface area contributed by atoms with Gasteiger partial charge in [-0.25, -0.2) is 0 Å².